The number of amides is 1. The van der Waals surface area contributed by atoms with Crippen LogP contribution in [0, 0.1) is 5.82 Å². The van der Waals surface area contributed by atoms with E-state index >= 15 is 0 Å². The lowest BCUT2D eigenvalue weighted by molar-refractivity contribution is -0.131. The molecule has 6 nitrogen and oxygen atoms in total. The maximum atomic E-state index is 13.0. The summed E-state index contributed by atoms with van der Waals surface area (Å²) in [6, 6.07) is 5.08. The van der Waals surface area contributed by atoms with E-state index in [1.165, 1.54) is 24.3 Å². The molecule has 128 valence electrons. The molecule has 23 heavy (non-hydrogen) atoms. The third-order valence-corrected chi connectivity index (χ3v) is 5.11. The number of sulfonamides is 1. The first-order valence-corrected chi connectivity index (χ1v) is 9.39. The lowest BCUT2D eigenvalue weighted by Crippen LogP contribution is -2.51. The van der Waals surface area contributed by atoms with Crippen molar-refractivity contribution >= 4 is 21.6 Å². The molecule has 1 aromatic rings. The number of nitrogens with zero attached hydrogens (tertiary/aromatic N) is 3. The highest BCUT2D eigenvalue weighted by Gasteiger charge is 2.26. The average Bonchev–Trinajstić information content (AvgIpc) is 2.52. The van der Waals surface area contributed by atoms with Crippen LogP contribution in [-0.4, -0.2) is 69.6 Å². The summed E-state index contributed by atoms with van der Waals surface area (Å²) in [5.74, 6) is -0.695. The van der Waals surface area contributed by atoms with E-state index in [1.54, 1.807) is 4.90 Å². The molecule has 0 atom stereocenters. The first-order valence-electron chi connectivity index (χ1n) is 7.54. The number of hydrogen-bond donors (Lipinski definition) is 0. The molecule has 1 amide bonds. The van der Waals surface area contributed by atoms with Gasteiger partial charge in [-0.3, -0.25) is 9.10 Å². The van der Waals surface area contributed by atoms with Crippen LogP contribution in [0.1, 0.15) is 6.92 Å². The number of hydrogen-bond acceptors (Lipinski definition) is 4. The van der Waals surface area contributed by atoms with Crippen molar-refractivity contribution in [2.24, 2.45) is 0 Å². The third kappa shape index (κ3) is 4.65. The molecule has 1 aromatic carbocycles. The highest BCUT2D eigenvalue weighted by molar-refractivity contribution is 7.92. The Balaban J connectivity index is 2.10. The number of likely N-dealkylation sites (N-methyl/N-ethyl adjacent to an activating group) is 1. The Labute approximate surface area is 136 Å². The van der Waals surface area contributed by atoms with Gasteiger partial charge in [0.1, 0.15) is 12.4 Å². The Hall–Kier alpha value is -1.67. The van der Waals surface area contributed by atoms with E-state index in [2.05, 4.69) is 11.8 Å². The molecular weight excluding hydrogens is 321 g/mol. The molecule has 0 bridgehead atoms. The van der Waals surface area contributed by atoms with Gasteiger partial charge in [-0.1, -0.05) is 6.92 Å². The molecule has 8 heteroatoms. The number of benzene rings is 1. The van der Waals surface area contributed by atoms with Crippen molar-refractivity contribution in [2.45, 2.75) is 6.92 Å². The monoisotopic (exact) mass is 343 g/mol. The normalized spacial score (nSPS) is 16.4. The molecule has 1 saturated heterocycles. The first kappa shape index (κ1) is 17.7. The molecule has 2 rings (SSSR count). The van der Waals surface area contributed by atoms with Gasteiger partial charge in [-0.2, -0.15) is 0 Å². The maximum Gasteiger partial charge on any atom is 0.243 e. The van der Waals surface area contributed by atoms with Gasteiger partial charge >= 0.3 is 0 Å². The lowest BCUT2D eigenvalue weighted by atomic mass is 10.3. The standard InChI is InChI=1S/C15H22FN3O3S/c1-3-17-8-10-18(11-9-17)15(20)12-19(23(2,21)22)14-6-4-13(16)5-7-14/h4-7H,3,8-12H2,1-2H3. The Kier molecular flexibility index (Phi) is 5.59. The fraction of sp³-hybridized carbons (Fsp3) is 0.533. The van der Waals surface area contributed by atoms with Crippen molar-refractivity contribution in [2.75, 3.05) is 49.8 Å². The SMILES string of the molecule is CCN1CCN(C(=O)CN(c2ccc(F)cc2)S(C)(=O)=O)CC1. The summed E-state index contributed by atoms with van der Waals surface area (Å²) in [5, 5.41) is 0. The second-order valence-electron chi connectivity index (χ2n) is 5.56. The summed E-state index contributed by atoms with van der Waals surface area (Å²) in [6.07, 6.45) is 1.04. The van der Waals surface area contributed by atoms with Crippen LogP contribution in [0.4, 0.5) is 10.1 Å². The van der Waals surface area contributed by atoms with Crippen molar-refractivity contribution in [1.82, 2.24) is 9.80 Å². The first-order chi connectivity index (χ1) is 10.8. The maximum absolute atomic E-state index is 13.0. The molecule has 1 aliphatic rings. The molecule has 0 spiro atoms. The van der Waals surface area contributed by atoms with Gasteiger partial charge in [0.2, 0.25) is 15.9 Å². The minimum Gasteiger partial charge on any atom is -0.339 e. The molecule has 1 heterocycles. The molecular formula is C15H22FN3O3S. The topological polar surface area (TPSA) is 60.9 Å². The summed E-state index contributed by atoms with van der Waals surface area (Å²) in [4.78, 5) is 16.3. The second kappa shape index (κ2) is 7.27. The minimum absolute atomic E-state index is 0.240. The lowest BCUT2D eigenvalue weighted by Gasteiger charge is -2.35. The summed E-state index contributed by atoms with van der Waals surface area (Å²) >= 11 is 0. The van der Waals surface area contributed by atoms with E-state index in [-0.39, 0.29) is 18.1 Å². The zero-order valence-corrected chi connectivity index (χ0v) is 14.2. The molecule has 1 aliphatic heterocycles. The van der Waals surface area contributed by atoms with Crippen LogP contribution >= 0.6 is 0 Å². The smallest absolute Gasteiger partial charge is 0.243 e. The van der Waals surface area contributed by atoms with E-state index in [0.717, 1.165) is 30.2 Å². The Bertz CT molecular complexity index is 640. The number of rotatable bonds is 5. The van der Waals surface area contributed by atoms with E-state index in [4.69, 9.17) is 0 Å². The van der Waals surface area contributed by atoms with Crippen LogP contribution in [0.2, 0.25) is 0 Å². The van der Waals surface area contributed by atoms with E-state index in [9.17, 15) is 17.6 Å². The van der Waals surface area contributed by atoms with Gasteiger partial charge in [0.25, 0.3) is 0 Å². The number of carbonyl (C=O) groups is 1. The molecule has 0 saturated carbocycles. The quantitative estimate of drug-likeness (QED) is 0.792. The zero-order chi connectivity index (χ0) is 17.0. The minimum atomic E-state index is -3.63. The molecule has 0 aromatic heterocycles. The van der Waals surface area contributed by atoms with Gasteiger partial charge in [0, 0.05) is 26.2 Å². The Morgan fingerprint density at radius 1 is 1.17 bits per heavy atom. The fourth-order valence-corrected chi connectivity index (χ4v) is 3.39. The average molecular weight is 343 g/mol. The highest BCUT2D eigenvalue weighted by Crippen LogP contribution is 2.18. The van der Waals surface area contributed by atoms with Crippen molar-refractivity contribution in [3.05, 3.63) is 30.1 Å². The molecule has 0 radical (unpaired) electrons. The second-order valence-corrected chi connectivity index (χ2v) is 7.47. The molecule has 1 fully saturated rings. The number of anilines is 1. The fourth-order valence-electron chi connectivity index (χ4n) is 2.54. The Morgan fingerprint density at radius 3 is 2.22 bits per heavy atom. The van der Waals surface area contributed by atoms with Crippen molar-refractivity contribution in [3.63, 3.8) is 0 Å². The van der Waals surface area contributed by atoms with Crippen molar-refractivity contribution in [3.8, 4) is 0 Å². The molecule has 0 unspecified atom stereocenters. The van der Waals surface area contributed by atoms with E-state index in [1.807, 2.05) is 0 Å². The predicted octanol–water partition coefficient (Wildman–Crippen LogP) is 0.756. The van der Waals surface area contributed by atoms with E-state index in [0.29, 0.717) is 13.1 Å². The molecule has 0 aliphatic carbocycles. The predicted molar refractivity (Wildman–Crippen MR) is 87.3 cm³/mol. The van der Waals surface area contributed by atoms with Gasteiger partial charge in [-0.25, -0.2) is 12.8 Å². The van der Waals surface area contributed by atoms with Crippen LogP contribution in [0.5, 0.6) is 0 Å². The number of carbonyl (C=O) groups excluding carboxylic acids is 1. The van der Waals surface area contributed by atoms with Crippen LogP contribution < -0.4 is 4.31 Å². The molecule has 0 N–H and O–H groups in total. The van der Waals surface area contributed by atoms with Crippen LogP contribution in [0.15, 0.2) is 24.3 Å². The summed E-state index contributed by atoms with van der Waals surface area (Å²) in [7, 11) is -3.63. The summed E-state index contributed by atoms with van der Waals surface area (Å²) < 4.78 is 38.0. The van der Waals surface area contributed by atoms with Crippen molar-refractivity contribution < 1.29 is 17.6 Å². The van der Waals surface area contributed by atoms with E-state index < -0.39 is 15.8 Å². The summed E-state index contributed by atoms with van der Waals surface area (Å²) in [6.45, 7) is 5.50. The Morgan fingerprint density at radius 2 is 1.74 bits per heavy atom. The van der Waals surface area contributed by atoms with Gasteiger partial charge in [-0.15, -0.1) is 0 Å². The van der Waals surface area contributed by atoms with Crippen LogP contribution in [0.25, 0.3) is 0 Å². The van der Waals surface area contributed by atoms with Crippen molar-refractivity contribution in [1.29, 1.82) is 0 Å². The van der Waals surface area contributed by atoms with Crippen LogP contribution in [0.3, 0.4) is 0 Å². The van der Waals surface area contributed by atoms with Crippen LogP contribution in [-0.2, 0) is 14.8 Å². The number of piperazine rings is 1. The third-order valence-electron chi connectivity index (χ3n) is 3.97. The van der Waals surface area contributed by atoms with Gasteiger partial charge in [0.05, 0.1) is 11.9 Å². The zero-order valence-electron chi connectivity index (χ0n) is 13.4. The summed E-state index contributed by atoms with van der Waals surface area (Å²) in [5.41, 5.74) is 0.287. The van der Waals surface area contributed by atoms with Gasteiger partial charge in [-0.05, 0) is 30.8 Å². The van der Waals surface area contributed by atoms with Gasteiger partial charge in [0.15, 0.2) is 0 Å². The largest absolute Gasteiger partial charge is 0.339 e. The number of halogens is 1. The van der Waals surface area contributed by atoms with Gasteiger partial charge < -0.3 is 9.80 Å². The highest BCUT2D eigenvalue weighted by atomic mass is 32.2.